The van der Waals surface area contributed by atoms with Crippen LogP contribution in [0.25, 0.3) is 0 Å². The summed E-state index contributed by atoms with van der Waals surface area (Å²) >= 11 is 5.77. The molecule has 2 atom stereocenters. The summed E-state index contributed by atoms with van der Waals surface area (Å²) in [7, 11) is 0. The molecule has 1 aromatic heterocycles. The number of rotatable bonds is 2. The molecule has 0 saturated carbocycles. The first kappa shape index (κ1) is 14.5. The average molecular weight is 334 g/mol. The lowest BCUT2D eigenvalue weighted by molar-refractivity contribution is 0.129. The van der Waals surface area contributed by atoms with E-state index in [1.54, 1.807) is 6.07 Å². The second-order valence-electron chi connectivity index (χ2n) is 5.74. The summed E-state index contributed by atoms with van der Waals surface area (Å²) in [5.41, 5.74) is 1.07. The molecule has 2 aromatic rings. The molecule has 0 unspecified atom stereocenters. The Morgan fingerprint density at radius 1 is 1.13 bits per heavy atom. The molecule has 3 heterocycles. The van der Waals surface area contributed by atoms with Crippen molar-refractivity contribution in [2.45, 2.75) is 18.4 Å². The number of anilines is 1. The fourth-order valence-electron chi connectivity index (χ4n) is 3.15. The molecule has 0 amide bonds. The lowest BCUT2D eigenvalue weighted by Crippen LogP contribution is -2.43. The van der Waals surface area contributed by atoms with Crippen LogP contribution in [0.3, 0.4) is 0 Å². The van der Waals surface area contributed by atoms with Crippen LogP contribution in [-0.2, 0) is 0 Å². The summed E-state index contributed by atoms with van der Waals surface area (Å²) in [5.74, 6) is 2.32. The number of hydrogen-bond donors (Lipinski definition) is 1. The summed E-state index contributed by atoms with van der Waals surface area (Å²) in [6, 6.07) is 9.40. The molecule has 2 aliphatic heterocycles. The third-order valence-electron chi connectivity index (χ3n) is 4.35. The van der Waals surface area contributed by atoms with E-state index in [0.29, 0.717) is 11.7 Å². The van der Waals surface area contributed by atoms with Crippen molar-refractivity contribution in [1.29, 1.82) is 0 Å². The van der Waals surface area contributed by atoms with Gasteiger partial charge in [0.15, 0.2) is 22.5 Å². The average Bonchev–Trinajstić information content (AvgIpc) is 3.03. The van der Waals surface area contributed by atoms with Crippen LogP contribution >= 0.6 is 11.6 Å². The fraction of sp³-hybridized carbons (Fsp3) is 0.375. The monoisotopic (exact) mass is 333 g/mol. The number of hydrogen-bond acceptors (Lipinski definition) is 6. The van der Waals surface area contributed by atoms with E-state index in [-0.39, 0.29) is 12.7 Å². The highest BCUT2D eigenvalue weighted by atomic mass is 35.5. The van der Waals surface area contributed by atoms with Crippen LogP contribution in [0.15, 0.2) is 30.3 Å². The smallest absolute Gasteiger partial charge is 0.231 e. The summed E-state index contributed by atoms with van der Waals surface area (Å²) in [6.07, 6.45) is 0.340. The van der Waals surface area contributed by atoms with Crippen molar-refractivity contribution in [3.63, 3.8) is 0 Å². The normalized spacial score (nSPS) is 23.1. The number of benzene rings is 1. The molecule has 7 heteroatoms. The van der Waals surface area contributed by atoms with Crippen LogP contribution in [-0.4, -0.2) is 41.3 Å². The molecule has 1 fully saturated rings. The highest BCUT2D eigenvalue weighted by molar-refractivity contribution is 6.29. The third kappa shape index (κ3) is 2.80. The number of aliphatic hydroxyl groups is 1. The number of ether oxygens (including phenoxy) is 2. The van der Waals surface area contributed by atoms with Crippen molar-refractivity contribution in [3.05, 3.63) is 41.0 Å². The molecule has 0 radical (unpaired) electrons. The van der Waals surface area contributed by atoms with Crippen molar-refractivity contribution in [1.82, 2.24) is 10.2 Å². The zero-order chi connectivity index (χ0) is 15.8. The van der Waals surface area contributed by atoms with E-state index < -0.39 is 6.10 Å². The van der Waals surface area contributed by atoms with E-state index in [2.05, 4.69) is 10.2 Å². The van der Waals surface area contributed by atoms with Gasteiger partial charge in [-0.2, -0.15) is 0 Å². The number of β-amino-alcohol motifs (C(OH)–C–C–N with tert-alkyl or cyclic N) is 1. The highest BCUT2D eigenvalue weighted by Gasteiger charge is 2.30. The summed E-state index contributed by atoms with van der Waals surface area (Å²) in [6.45, 7) is 1.57. The molecule has 4 rings (SSSR count). The largest absolute Gasteiger partial charge is 0.454 e. The molecule has 23 heavy (non-hydrogen) atoms. The Bertz CT molecular complexity index is 710. The maximum absolute atomic E-state index is 10.6. The Labute approximate surface area is 138 Å². The molecule has 1 saturated heterocycles. The van der Waals surface area contributed by atoms with Gasteiger partial charge < -0.3 is 19.5 Å². The van der Waals surface area contributed by atoms with Gasteiger partial charge >= 0.3 is 0 Å². The maximum Gasteiger partial charge on any atom is 0.231 e. The molecule has 0 spiro atoms. The number of halogens is 1. The maximum atomic E-state index is 10.6. The van der Waals surface area contributed by atoms with E-state index in [1.807, 2.05) is 29.2 Å². The van der Waals surface area contributed by atoms with E-state index in [1.165, 1.54) is 0 Å². The van der Waals surface area contributed by atoms with Gasteiger partial charge in [-0.3, -0.25) is 0 Å². The number of aromatic nitrogens is 2. The Kier molecular flexibility index (Phi) is 3.71. The van der Waals surface area contributed by atoms with Crippen molar-refractivity contribution in [3.8, 4) is 11.5 Å². The highest BCUT2D eigenvalue weighted by Crippen LogP contribution is 2.37. The molecule has 6 nitrogen and oxygen atoms in total. The van der Waals surface area contributed by atoms with E-state index in [0.717, 1.165) is 35.8 Å². The third-order valence-corrected chi connectivity index (χ3v) is 4.55. The second kappa shape index (κ2) is 5.86. The SMILES string of the molecule is O[C@@H]1CN(c2ccc(Cl)nn2)CC[C@H]1c1ccc2c(c1)OCO2. The van der Waals surface area contributed by atoms with Crippen molar-refractivity contribution < 1.29 is 14.6 Å². The van der Waals surface area contributed by atoms with Gasteiger partial charge in [0.2, 0.25) is 6.79 Å². The van der Waals surface area contributed by atoms with Gasteiger partial charge in [-0.15, -0.1) is 10.2 Å². The topological polar surface area (TPSA) is 67.7 Å². The summed E-state index contributed by atoms with van der Waals surface area (Å²) < 4.78 is 10.8. The van der Waals surface area contributed by atoms with Crippen LogP contribution in [0.5, 0.6) is 11.5 Å². The molecule has 1 N–H and O–H groups in total. The van der Waals surface area contributed by atoms with Gasteiger partial charge in [0.1, 0.15) is 0 Å². The molecular weight excluding hydrogens is 318 g/mol. The zero-order valence-corrected chi connectivity index (χ0v) is 13.1. The number of fused-ring (bicyclic) bond motifs is 1. The summed E-state index contributed by atoms with van der Waals surface area (Å²) in [5, 5.41) is 18.9. The van der Waals surface area contributed by atoms with Gasteiger partial charge in [-0.1, -0.05) is 17.7 Å². The first-order chi connectivity index (χ1) is 11.2. The minimum Gasteiger partial charge on any atom is -0.454 e. The van der Waals surface area contributed by atoms with Gasteiger partial charge in [0.05, 0.1) is 6.10 Å². The van der Waals surface area contributed by atoms with Gasteiger partial charge in [-0.25, -0.2) is 0 Å². The Hall–Kier alpha value is -2.05. The number of nitrogens with zero attached hydrogens (tertiary/aromatic N) is 3. The van der Waals surface area contributed by atoms with Gasteiger partial charge in [0.25, 0.3) is 0 Å². The first-order valence-electron chi connectivity index (χ1n) is 7.52. The van der Waals surface area contributed by atoms with Crippen LogP contribution in [0.2, 0.25) is 5.15 Å². The van der Waals surface area contributed by atoms with Gasteiger partial charge in [-0.05, 0) is 36.2 Å². The van der Waals surface area contributed by atoms with Crippen LogP contribution in [0, 0.1) is 0 Å². The summed E-state index contributed by atoms with van der Waals surface area (Å²) in [4.78, 5) is 2.03. The molecule has 0 aliphatic carbocycles. The fourth-order valence-corrected chi connectivity index (χ4v) is 3.25. The quantitative estimate of drug-likeness (QED) is 0.909. The van der Waals surface area contributed by atoms with E-state index >= 15 is 0 Å². The Balaban J connectivity index is 1.50. The van der Waals surface area contributed by atoms with E-state index in [9.17, 15) is 5.11 Å². The lowest BCUT2D eigenvalue weighted by Gasteiger charge is -2.36. The Morgan fingerprint density at radius 3 is 2.78 bits per heavy atom. The van der Waals surface area contributed by atoms with Crippen LogP contribution in [0.1, 0.15) is 17.9 Å². The second-order valence-corrected chi connectivity index (χ2v) is 6.12. The molecule has 1 aromatic carbocycles. The standard InChI is InChI=1S/C16H16ClN3O3/c17-15-3-4-16(19-18-15)20-6-5-11(12(21)8-20)10-1-2-13-14(7-10)23-9-22-13/h1-4,7,11-12,21H,5-6,8-9H2/t11-,12+/m0/s1. The molecular formula is C16H16ClN3O3. The van der Waals surface area contributed by atoms with Crippen molar-refractivity contribution in [2.75, 3.05) is 24.8 Å². The van der Waals surface area contributed by atoms with E-state index in [4.69, 9.17) is 21.1 Å². The minimum absolute atomic E-state index is 0.0704. The Morgan fingerprint density at radius 2 is 2.00 bits per heavy atom. The molecule has 120 valence electrons. The number of aliphatic hydroxyl groups excluding tert-OH is 1. The predicted octanol–water partition coefficient (Wildman–Crippen LogP) is 2.21. The van der Waals surface area contributed by atoms with Crippen molar-refractivity contribution in [2.24, 2.45) is 0 Å². The lowest BCUT2D eigenvalue weighted by atomic mass is 9.87. The minimum atomic E-state index is -0.485. The van der Waals surface area contributed by atoms with Crippen molar-refractivity contribution >= 4 is 17.4 Å². The van der Waals surface area contributed by atoms with Gasteiger partial charge in [0, 0.05) is 19.0 Å². The zero-order valence-electron chi connectivity index (χ0n) is 12.4. The van der Waals surface area contributed by atoms with Crippen LogP contribution < -0.4 is 14.4 Å². The molecule has 2 aliphatic rings. The molecule has 0 bridgehead atoms. The predicted molar refractivity (Wildman–Crippen MR) is 85.2 cm³/mol. The van der Waals surface area contributed by atoms with Crippen LogP contribution in [0.4, 0.5) is 5.82 Å². The first-order valence-corrected chi connectivity index (χ1v) is 7.90. The number of piperidine rings is 1.